The molecule has 0 aromatic carbocycles. The molecule has 2 N–H and O–H groups in total. The van der Waals surface area contributed by atoms with Crippen molar-refractivity contribution in [3.63, 3.8) is 0 Å². The van der Waals surface area contributed by atoms with Gasteiger partial charge in [0.25, 0.3) is 5.56 Å². The van der Waals surface area contributed by atoms with Gasteiger partial charge in [0.05, 0.1) is 31.6 Å². The van der Waals surface area contributed by atoms with E-state index in [1.165, 1.54) is 10.8 Å². The molecule has 1 aromatic rings. The van der Waals surface area contributed by atoms with Gasteiger partial charge in [-0.25, -0.2) is 4.79 Å². The number of hydrogen-bond acceptors (Lipinski definition) is 7. The fourth-order valence-corrected chi connectivity index (χ4v) is 4.96. The van der Waals surface area contributed by atoms with Gasteiger partial charge in [-0.2, -0.15) is 0 Å². The number of aromatic amines is 1. The number of nitrogens with one attached hydrogen (secondary N) is 1. The van der Waals surface area contributed by atoms with E-state index in [9.17, 15) is 19.3 Å². The highest BCUT2D eigenvalue weighted by Crippen LogP contribution is 2.59. The summed E-state index contributed by atoms with van der Waals surface area (Å²) in [6, 6.07) is 0. The zero-order valence-electron chi connectivity index (χ0n) is 13.9. The fourth-order valence-electron chi connectivity index (χ4n) is 2.77. The van der Waals surface area contributed by atoms with Crippen molar-refractivity contribution in [2.75, 3.05) is 19.8 Å². The first-order chi connectivity index (χ1) is 11.4. The molecule has 24 heavy (non-hydrogen) atoms. The molecule has 3 atom stereocenters. The third-order valence-electron chi connectivity index (χ3n) is 3.86. The molecule has 2 rings (SSSR count). The molecule has 0 amide bonds. The van der Waals surface area contributed by atoms with E-state index >= 15 is 0 Å². The van der Waals surface area contributed by atoms with Crippen LogP contribution in [0.3, 0.4) is 0 Å². The average molecular weight is 362 g/mol. The van der Waals surface area contributed by atoms with Gasteiger partial charge in [0, 0.05) is 18.2 Å². The zero-order chi connectivity index (χ0) is 17.9. The molecule has 0 bridgehead atoms. The van der Waals surface area contributed by atoms with Gasteiger partial charge >= 0.3 is 13.3 Å². The molecule has 3 unspecified atom stereocenters. The first kappa shape index (κ1) is 19.1. The topological polar surface area (TPSA) is 120 Å². The molecule has 1 aromatic heterocycles. The highest BCUT2D eigenvalue weighted by molar-refractivity contribution is 7.54. The fraction of sp³-hybridized carbons (Fsp3) is 0.714. The van der Waals surface area contributed by atoms with Crippen LogP contribution in [0.1, 0.15) is 32.1 Å². The molecular weight excluding hydrogens is 339 g/mol. The number of ether oxygens (including phenoxy) is 1. The average Bonchev–Trinajstić information content (AvgIpc) is 2.96. The molecule has 10 heteroatoms. The Kier molecular flexibility index (Phi) is 6.17. The lowest BCUT2D eigenvalue weighted by atomic mass is 10.2. The maximum absolute atomic E-state index is 13.0. The Morgan fingerprint density at radius 2 is 2.00 bits per heavy atom. The molecule has 136 valence electrons. The van der Waals surface area contributed by atoms with E-state index in [4.69, 9.17) is 13.8 Å². The predicted octanol–water partition coefficient (Wildman–Crippen LogP) is 0.760. The molecule has 0 saturated carbocycles. The van der Waals surface area contributed by atoms with Gasteiger partial charge in [0.1, 0.15) is 6.23 Å². The Morgan fingerprint density at radius 3 is 2.54 bits per heavy atom. The number of aromatic nitrogens is 2. The number of hydrogen-bond donors (Lipinski definition) is 2. The summed E-state index contributed by atoms with van der Waals surface area (Å²) in [6.07, 6.45) is -0.0227. The third-order valence-corrected chi connectivity index (χ3v) is 6.46. The highest BCUT2D eigenvalue weighted by atomic mass is 31.2. The molecule has 1 fully saturated rings. The number of aliphatic hydroxyl groups excluding tert-OH is 1. The van der Waals surface area contributed by atoms with Crippen molar-refractivity contribution in [1.82, 2.24) is 9.55 Å². The van der Waals surface area contributed by atoms with E-state index in [0.29, 0.717) is 5.56 Å². The maximum Gasteiger partial charge on any atom is 0.336 e. The number of H-pyrrole nitrogens is 1. The maximum atomic E-state index is 13.0. The second-order valence-electron chi connectivity index (χ2n) is 5.47. The Bertz CT molecular complexity index is 719. The lowest BCUT2D eigenvalue weighted by molar-refractivity contribution is -0.0254. The monoisotopic (exact) mass is 362 g/mol. The van der Waals surface area contributed by atoms with Crippen LogP contribution in [-0.2, 0) is 18.3 Å². The van der Waals surface area contributed by atoms with Crippen LogP contribution in [0.25, 0.3) is 0 Å². The molecule has 1 aliphatic rings. The minimum absolute atomic E-state index is 0.161. The van der Waals surface area contributed by atoms with E-state index in [2.05, 4.69) is 4.98 Å². The molecule has 1 saturated heterocycles. The van der Waals surface area contributed by atoms with Crippen molar-refractivity contribution in [3.05, 3.63) is 32.6 Å². The van der Waals surface area contributed by atoms with Gasteiger partial charge in [0.2, 0.25) is 0 Å². The lowest BCUT2D eigenvalue weighted by Crippen LogP contribution is -2.33. The standard InChI is InChI=1S/C14H23N2O7P/c1-4-21-24(20,22-5-2)11-6-12(23-10(11)8-17)16-7-9(3)13(18)15-14(16)19/h7,10-12,17H,4-6,8H2,1-3H3,(H,15,18,19). The summed E-state index contributed by atoms with van der Waals surface area (Å²) in [5.74, 6) is 0. The van der Waals surface area contributed by atoms with Crippen molar-refractivity contribution in [2.24, 2.45) is 0 Å². The van der Waals surface area contributed by atoms with Crippen molar-refractivity contribution in [3.8, 4) is 0 Å². The predicted molar refractivity (Wildman–Crippen MR) is 86.3 cm³/mol. The molecule has 1 aliphatic heterocycles. The molecule has 0 aliphatic carbocycles. The number of nitrogens with zero attached hydrogens (tertiary/aromatic N) is 1. The van der Waals surface area contributed by atoms with Gasteiger partial charge in [0.15, 0.2) is 0 Å². The second kappa shape index (κ2) is 7.76. The molecule has 0 spiro atoms. The summed E-state index contributed by atoms with van der Waals surface area (Å²) in [6.45, 7) is 4.95. The first-order valence-corrected chi connectivity index (χ1v) is 9.44. The Morgan fingerprint density at radius 1 is 1.38 bits per heavy atom. The first-order valence-electron chi connectivity index (χ1n) is 7.83. The van der Waals surface area contributed by atoms with Crippen molar-refractivity contribution in [2.45, 2.75) is 45.2 Å². The quantitative estimate of drug-likeness (QED) is 0.687. The van der Waals surface area contributed by atoms with Crippen LogP contribution in [0, 0.1) is 6.92 Å². The molecular formula is C14H23N2O7P. The highest BCUT2D eigenvalue weighted by Gasteiger charge is 2.49. The summed E-state index contributed by atoms with van der Waals surface area (Å²) in [5, 5.41) is 9.57. The summed E-state index contributed by atoms with van der Waals surface area (Å²) < 4.78 is 30.6. The smallest absolute Gasteiger partial charge is 0.336 e. The van der Waals surface area contributed by atoms with Crippen molar-refractivity contribution < 1.29 is 23.5 Å². The van der Waals surface area contributed by atoms with Crippen LogP contribution in [0.4, 0.5) is 0 Å². The lowest BCUT2D eigenvalue weighted by Gasteiger charge is -2.25. The van der Waals surface area contributed by atoms with Crippen LogP contribution in [0.15, 0.2) is 15.8 Å². The Balaban J connectivity index is 2.35. The zero-order valence-corrected chi connectivity index (χ0v) is 14.8. The third kappa shape index (κ3) is 3.70. The van der Waals surface area contributed by atoms with E-state index in [-0.39, 0.29) is 26.2 Å². The van der Waals surface area contributed by atoms with Crippen LogP contribution in [-0.4, -0.2) is 46.2 Å². The number of aliphatic hydroxyl groups is 1. The van der Waals surface area contributed by atoms with Gasteiger partial charge in [-0.1, -0.05) is 0 Å². The van der Waals surface area contributed by atoms with E-state index in [0.717, 1.165) is 0 Å². The van der Waals surface area contributed by atoms with Crippen LogP contribution in [0.5, 0.6) is 0 Å². The largest absolute Gasteiger partial charge is 0.394 e. The second-order valence-corrected chi connectivity index (χ2v) is 7.73. The van der Waals surface area contributed by atoms with Gasteiger partial charge in [-0.05, 0) is 20.8 Å². The van der Waals surface area contributed by atoms with Gasteiger partial charge < -0.3 is 18.9 Å². The van der Waals surface area contributed by atoms with E-state index < -0.39 is 36.8 Å². The molecule has 0 radical (unpaired) electrons. The van der Waals surface area contributed by atoms with Crippen molar-refractivity contribution in [1.29, 1.82) is 0 Å². The normalized spacial score (nSPS) is 24.4. The van der Waals surface area contributed by atoms with Gasteiger partial charge in [-0.15, -0.1) is 0 Å². The van der Waals surface area contributed by atoms with Crippen LogP contribution >= 0.6 is 7.60 Å². The number of aryl methyl sites for hydroxylation is 1. The summed E-state index contributed by atoms with van der Waals surface area (Å²) in [4.78, 5) is 25.7. The van der Waals surface area contributed by atoms with Crippen LogP contribution < -0.4 is 11.2 Å². The molecule has 9 nitrogen and oxygen atoms in total. The Hall–Kier alpha value is -1.25. The van der Waals surface area contributed by atoms with Crippen molar-refractivity contribution >= 4 is 7.60 Å². The molecule has 2 heterocycles. The number of rotatable bonds is 7. The minimum atomic E-state index is -3.51. The van der Waals surface area contributed by atoms with Gasteiger partial charge in [-0.3, -0.25) is 18.9 Å². The van der Waals surface area contributed by atoms with E-state index in [1.54, 1.807) is 20.8 Å². The minimum Gasteiger partial charge on any atom is -0.394 e. The summed E-state index contributed by atoms with van der Waals surface area (Å²) >= 11 is 0. The van der Waals surface area contributed by atoms with Crippen LogP contribution in [0.2, 0.25) is 0 Å². The summed E-state index contributed by atoms with van der Waals surface area (Å²) in [5.41, 5.74) is -1.46. The van der Waals surface area contributed by atoms with E-state index in [1.807, 2.05) is 0 Å². The summed E-state index contributed by atoms with van der Waals surface area (Å²) in [7, 11) is -3.51. The SMILES string of the molecule is CCOP(=O)(OCC)C1CC(n2cc(C)c(=O)[nH]c2=O)OC1CO. The Labute approximate surface area is 139 Å².